The standard InChI is InChI=1S/C28H30N4O5S/c1-19(2)26(28(34)35)32(38(36)37)31-16-14-30(15-17-31)23-12-9-20(10-13-23)6-7-21-8-11-22-4-3-5-24(27(29)33)25(22)18-21/h3-5,8-13,18-19,26H,14-17H2,1-2H3,(H2,29,33)(H,34,35)(H,36,37)/p-1. The summed E-state index contributed by atoms with van der Waals surface area (Å²) in [5, 5.41) is 12.8. The lowest BCUT2D eigenvalue weighted by molar-refractivity contribution is -0.149. The van der Waals surface area contributed by atoms with Crippen LogP contribution >= 0.6 is 0 Å². The SMILES string of the molecule is CC(C)C(C(=O)O)N(N1CCN(c2ccc(C#Cc3ccc4cccc(C(N)=O)c4c3)cc2)CC1)S(=O)[O-]. The summed E-state index contributed by atoms with van der Waals surface area (Å²) in [7, 11) is 0. The van der Waals surface area contributed by atoms with E-state index in [2.05, 4.69) is 16.7 Å². The highest BCUT2D eigenvalue weighted by molar-refractivity contribution is 7.76. The van der Waals surface area contributed by atoms with Gasteiger partial charge in [0, 0.05) is 59.8 Å². The normalized spacial score (nSPS) is 15.8. The molecule has 10 heteroatoms. The molecule has 3 N–H and O–H groups in total. The van der Waals surface area contributed by atoms with Gasteiger partial charge < -0.3 is 20.3 Å². The molecule has 2 atom stereocenters. The average Bonchev–Trinajstić information content (AvgIpc) is 2.89. The first-order valence-corrected chi connectivity index (χ1v) is 13.2. The molecule has 1 aliphatic rings. The van der Waals surface area contributed by atoms with Crippen LogP contribution in [0.25, 0.3) is 10.8 Å². The minimum Gasteiger partial charge on any atom is -0.759 e. The Kier molecular flexibility index (Phi) is 8.44. The zero-order valence-electron chi connectivity index (χ0n) is 21.2. The summed E-state index contributed by atoms with van der Waals surface area (Å²) in [4.78, 5) is 25.6. The first-order valence-electron chi connectivity index (χ1n) is 12.2. The number of benzene rings is 3. The summed E-state index contributed by atoms with van der Waals surface area (Å²) < 4.78 is 24.7. The van der Waals surface area contributed by atoms with Crippen LogP contribution in [0, 0.1) is 17.8 Å². The molecule has 0 radical (unpaired) electrons. The van der Waals surface area contributed by atoms with Crippen LogP contribution in [-0.4, -0.2) is 67.4 Å². The van der Waals surface area contributed by atoms with Crippen LogP contribution in [0.1, 0.15) is 35.3 Å². The van der Waals surface area contributed by atoms with Crippen LogP contribution in [0.3, 0.4) is 0 Å². The Morgan fingerprint density at radius 2 is 1.63 bits per heavy atom. The Bertz CT molecular complexity index is 1420. The molecule has 1 fully saturated rings. The Balaban J connectivity index is 1.44. The van der Waals surface area contributed by atoms with E-state index >= 15 is 0 Å². The van der Waals surface area contributed by atoms with E-state index in [4.69, 9.17) is 5.73 Å². The van der Waals surface area contributed by atoms with Crippen LogP contribution < -0.4 is 10.6 Å². The van der Waals surface area contributed by atoms with E-state index in [1.807, 2.05) is 48.5 Å². The van der Waals surface area contributed by atoms with E-state index < -0.39 is 29.2 Å². The summed E-state index contributed by atoms with van der Waals surface area (Å²) in [6.45, 7) is 5.23. The number of carbonyl (C=O) groups is 2. The van der Waals surface area contributed by atoms with Crippen LogP contribution in [0.15, 0.2) is 60.7 Å². The van der Waals surface area contributed by atoms with Crippen molar-refractivity contribution in [1.82, 2.24) is 9.42 Å². The third kappa shape index (κ3) is 6.03. The molecule has 0 aromatic heterocycles. The number of rotatable bonds is 7. The number of nitrogens with zero attached hydrogens (tertiary/aromatic N) is 3. The summed E-state index contributed by atoms with van der Waals surface area (Å²) >= 11 is -2.69. The first-order chi connectivity index (χ1) is 18.2. The third-order valence-corrected chi connectivity index (χ3v) is 7.30. The number of aliphatic carboxylic acids is 1. The molecular formula is C28H29N4O5S-. The number of fused-ring (bicyclic) bond motifs is 1. The second-order valence-electron chi connectivity index (χ2n) is 9.39. The van der Waals surface area contributed by atoms with Gasteiger partial charge in [0.2, 0.25) is 5.91 Å². The van der Waals surface area contributed by atoms with Crippen LogP contribution in [0.5, 0.6) is 0 Å². The van der Waals surface area contributed by atoms with Crippen LogP contribution in [0.2, 0.25) is 0 Å². The van der Waals surface area contributed by atoms with Crippen LogP contribution in [-0.2, 0) is 16.1 Å². The fourth-order valence-electron chi connectivity index (χ4n) is 4.61. The number of piperazine rings is 1. The monoisotopic (exact) mass is 533 g/mol. The largest absolute Gasteiger partial charge is 0.759 e. The molecule has 4 rings (SSSR count). The van der Waals surface area contributed by atoms with Crippen molar-refractivity contribution in [3.8, 4) is 11.8 Å². The molecule has 0 bridgehead atoms. The number of anilines is 1. The zero-order chi connectivity index (χ0) is 27.4. The van der Waals surface area contributed by atoms with Crippen molar-refractivity contribution in [2.45, 2.75) is 19.9 Å². The Labute approximate surface area is 224 Å². The van der Waals surface area contributed by atoms with E-state index in [-0.39, 0.29) is 5.92 Å². The third-order valence-electron chi connectivity index (χ3n) is 6.54. The Morgan fingerprint density at radius 3 is 2.21 bits per heavy atom. The summed E-state index contributed by atoms with van der Waals surface area (Å²) in [6, 6.07) is 17.7. The lowest BCUT2D eigenvalue weighted by Gasteiger charge is -2.45. The predicted octanol–water partition coefficient (Wildman–Crippen LogP) is 2.58. The Morgan fingerprint density at radius 1 is 1.00 bits per heavy atom. The van der Waals surface area contributed by atoms with Gasteiger partial charge in [-0.15, -0.1) is 0 Å². The van der Waals surface area contributed by atoms with Gasteiger partial charge in [-0.3, -0.25) is 13.8 Å². The summed E-state index contributed by atoms with van der Waals surface area (Å²) in [5.74, 6) is 4.27. The van der Waals surface area contributed by atoms with Gasteiger partial charge >= 0.3 is 5.97 Å². The number of hydrazine groups is 1. The maximum atomic E-state index is 11.9. The lowest BCUT2D eigenvalue weighted by Crippen LogP contribution is -2.60. The van der Waals surface area contributed by atoms with Gasteiger partial charge in [0.25, 0.3) is 0 Å². The van der Waals surface area contributed by atoms with Gasteiger partial charge in [0.15, 0.2) is 0 Å². The Hall–Kier alpha value is -3.75. The predicted molar refractivity (Wildman–Crippen MR) is 146 cm³/mol. The van der Waals surface area contributed by atoms with E-state index in [1.165, 1.54) is 0 Å². The smallest absolute Gasteiger partial charge is 0.323 e. The number of hydrogen-bond acceptors (Lipinski definition) is 6. The van der Waals surface area contributed by atoms with E-state index in [1.54, 1.807) is 31.0 Å². The molecule has 0 aliphatic carbocycles. The number of nitrogens with two attached hydrogens (primary N) is 1. The first kappa shape index (κ1) is 27.3. The molecule has 0 saturated carbocycles. The molecular weight excluding hydrogens is 504 g/mol. The van der Waals surface area contributed by atoms with Gasteiger partial charge in [-0.05, 0) is 59.2 Å². The topological polar surface area (TPSA) is 130 Å². The van der Waals surface area contributed by atoms with E-state index in [0.717, 1.165) is 32.0 Å². The number of carboxylic acids is 1. The van der Waals surface area contributed by atoms with Crippen molar-refractivity contribution >= 4 is 39.6 Å². The number of hydrogen-bond donors (Lipinski definition) is 2. The maximum Gasteiger partial charge on any atom is 0.323 e. The number of amides is 1. The molecule has 1 amide bonds. The van der Waals surface area contributed by atoms with Crippen molar-refractivity contribution in [2.75, 3.05) is 31.1 Å². The summed E-state index contributed by atoms with van der Waals surface area (Å²) in [5.41, 5.74) is 8.54. The van der Waals surface area contributed by atoms with Crippen molar-refractivity contribution in [3.63, 3.8) is 0 Å². The number of carboxylic acid groups (broad SMARTS) is 1. The minimum absolute atomic E-state index is 0.376. The fourth-order valence-corrected chi connectivity index (χ4v) is 5.48. The molecule has 3 aromatic carbocycles. The lowest BCUT2D eigenvalue weighted by atomic mass is 10.0. The molecule has 1 saturated heterocycles. The molecule has 3 aromatic rings. The minimum atomic E-state index is -2.69. The molecule has 9 nitrogen and oxygen atoms in total. The average molecular weight is 534 g/mol. The molecule has 38 heavy (non-hydrogen) atoms. The highest BCUT2D eigenvalue weighted by Gasteiger charge is 2.35. The summed E-state index contributed by atoms with van der Waals surface area (Å²) in [6.07, 6.45) is 0. The molecule has 198 valence electrons. The molecule has 1 aliphatic heterocycles. The van der Waals surface area contributed by atoms with Crippen molar-refractivity contribution < 1.29 is 23.5 Å². The number of carbonyl (C=O) groups excluding carboxylic acids is 1. The van der Waals surface area contributed by atoms with Crippen molar-refractivity contribution in [2.24, 2.45) is 11.7 Å². The zero-order valence-corrected chi connectivity index (χ0v) is 22.0. The second kappa shape index (κ2) is 11.8. The van der Waals surface area contributed by atoms with E-state index in [9.17, 15) is 23.5 Å². The molecule has 2 unspecified atom stereocenters. The van der Waals surface area contributed by atoms with Crippen LogP contribution in [0.4, 0.5) is 5.69 Å². The van der Waals surface area contributed by atoms with Gasteiger partial charge in [0.1, 0.15) is 6.04 Å². The maximum absolute atomic E-state index is 11.9. The van der Waals surface area contributed by atoms with Gasteiger partial charge in [0.05, 0.1) is 0 Å². The molecule has 1 heterocycles. The van der Waals surface area contributed by atoms with E-state index in [0.29, 0.717) is 31.7 Å². The van der Waals surface area contributed by atoms with Crippen molar-refractivity contribution in [3.05, 3.63) is 77.4 Å². The van der Waals surface area contributed by atoms with Crippen molar-refractivity contribution in [1.29, 1.82) is 0 Å². The highest BCUT2D eigenvalue weighted by atomic mass is 32.2. The quantitative estimate of drug-likeness (QED) is 0.353. The second-order valence-corrected chi connectivity index (χ2v) is 10.2. The fraction of sp³-hybridized carbons (Fsp3) is 0.286. The number of primary amides is 1. The van der Waals surface area contributed by atoms with Gasteiger partial charge in [-0.25, -0.2) is 5.01 Å². The van der Waals surface area contributed by atoms with Gasteiger partial charge in [-0.2, -0.15) is 4.41 Å². The molecule has 0 spiro atoms. The van der Waals surface area contributed by atoms with Gasteiger partial charge in [-0.1, -0.05) is 43.9 Å². The highest BCUT2D eigenvalue weighted by Crippen LogP contribution is 2.22.